The Morgan fingerprint density at radius 2 is 1.87 bits per heavy atom. The van der Waals surface area contributed by atoms with Gasteiger partial charge in [0.1, 0.15) is 0 Å². The minimum Gasteiger partial charge on any atom is -0.493 e. The lowest BCUT2D eigenvalue weighted by Gasteiger charge is -2.15. The zero-order valence-electron chi connectivity index (χ0n) is 13.3. The molecular weight excluding hydrogens is 290 g/mol. The maximum Gasteiger partial charge on any atom is 0.168 e. The van der Waals surface area contributed by atoms with Gasteiger partial charge in [-0.25, -0.2) is 0 Å². The number of carbonyl (C=O) groups excluding carboxylic acids is 1. The predicted molar refractivity (Wildman–Crippen MR) is 90.3 cm³/mol. The summed E-state index contributed by atoms with van der Waals surface area (Å²) in [5, 5.41) is 1.03. The molecule has 0 amide bonds. The number of pyridine rings is 1. The van der Waals surface area contributed by atoms with Gasteiger partial charge in [0.2, 0.25) is 0 Å². The van der Waals surface area contributed by atoms with Crippen molar-refractivity contribution < 1.29 is 14.3 Å². The van der Waals surface area contributed by atoms with Gasteiger partial charge in [-0.05, 0) is 42.8 Å². The quantitative estimate of drug-likeness (QED) is 0.680. The van der Waals surface area contributed by atoms with Crippen LogP contribution in [-0.4, -0.2) is 25.0 Å². The van der Waals surface area contributed by atoms with Crippen LogP contribution in [0.1, 0.15) is 17.3 Å². The van der Waals surface area contributed by atoms with E-state index < -0.39 is 0 Å². The van der Waals surface area contributed by atoms with E-state index in [9.17, 15) is 4.79 Å². The van der Waals surface area contributed by atoms with Crippen molar-refractivity contribution >= 4 is 16.7 Å². The van der Waals surface area contributed by atoms with Gasteiger partial charge >= 0.3 is 0 Å². The van der Waals surface area contributed by atoms with Crippen molar-refractivity contribution in [1.29, 1.82) is 0 Å². The van der Waals surface area contributed by atoms with E-state index in [0.29, 0.717) is 17.1 Å². The molecular formula is C19H17NO3. The van der Waals surface area contributed by atoms with Gasteiger partial charge in [0, 0.05) is 22.7 Å². The van der Waals surface area contributed by atoms with Crippen LogP contribution in [0, 0.1) is 0 Å². The molecule has 0 atom stereocenters. The highest BCUT2D eigenvalue weighted by Crippen LogP contribution is 2.40. The molecule has 116 valence electrons. The second kappa shape index (κ2) is 6.08. The maximum absolute atomic E-state index is 11.8. The molecule has 0 radical (unpaired) electrons. The molecule has 0 spiro atoms. The van der Waals surface area contributed by atoms with E-state index in [2.05, 4.69) is 4.98 Å². The average Bonchev–Trinajstić information content (AvgIpc) is 2.59. The van der Waals surface area contributed by atoms with Gasteiger partial charge in [0.05, 0.1) is 19.7 Å². The zero-order chi connectivity index (χ0) is 16.4. The summed E-state index contributed by atoms with van der Waals surface area (Å²) in [5.74, 6) is 1.14. The van der Waals surface area contributed by atoms with Crippen LogP contribution < -0.4 is 9.47 Å². The van der Waals surface area contributed by atoms with Crippen molar-refractivity contribution in [2.24, 2.45) is 0 Å². The first-order chi connectivity index (χ1) is 11.1. The highest BCUT2D eigenvalue weighted by molar-refractivity contribution is 5.97. The first-order valence-corrected chi connectivity index (χ1v) is 7.26. The van der Waals surface area contributed by atoms with Crippen molar-refractivity contribution in [3.05, 3.63) is 54.2 Å². The van der Waals surface area contributed by atoms with E-state index in [1.165, 1.54) is 6.92 Å². The molecule has 0 bridgehead atoms. The minimum atomic E-state index is -0.0188. The molecule has 1 aromatic heterocycles. The number of benzene rings is 2. The van der Waals surface area contributed by atoms with Crippen LogP contribution in [0.2, 0.25) is 0 Å². The fraction of sp³-hybridized carbons (Fsp3) is 0.158. The number of rotatable bonds is 4. The molecule has 23 heavy (non-hydrogen) atoms. The fourth-order valence-electron chi connectivity index (χ4n) is 2.63. The number of aromatic nitrogens is 1. The van der Waals surface area contributed by atoms with E-state index in [-0.39, 0.29) is 5.78 Å². The van der Waals surface area contributed by atoms with Crippen LogP contribution >= 0.6 is 0 Å². The van der Waals surface area contributed by atoms with E-state index in [1.807, 2.05) is 36.4 Å². The molecule has 0 aliphatic heterocycles. The number of carbonyl (C=O) groups is 1. The summed E-state index contributed by atoms with van der Waals surface area (Å²) in [7, 11) is 3.16. The van der Waals surface area contributed by atoms with Crippen molar-refractivity contribution in [1.82, 2.24) is 4.98 Å². The summed E-state index contributed by atoms with van der Waals surface area (Å²) in [6.45, 7) is 1.54. The lowest BCUT2D eigenvalue weighted by molar-refractivity contribution is 0.101. The molecule has 1 heterocycles. The zero-order valence-corrected chi connectivity index (χ0v) is 13.3. The Labute approximate surface area is 134 Å². The topological polar surface area (TPSA) is 48.4 Å². The number of methoxy groups -OCH3 is 2. The second-order valence-electron chi connectivity index (χ2n) is 5.23. The highest BCUT2D eigenvalue weighted by Gasteiger charge is 2.16. The van der Waals surface area contributed by atoms with Crippen LogP contribution in [0.4, 0.5) is 0 Å². The fourth-order valence-corrected chi connectivity index (χ4v) is 2.63. The molecule has 3 rings (SSSR count). The molecule has 0 saturated carbocycles. The number of hydrogen-bond acceptors (Lipinski definition) is 4. The van der Waals surface area contributed by atoms with Gasteiger partial charge < -0.3 is 9.47 Å². The predicted octanol–water partition coefficient (Wildman–Crippen LogP) is 4.12. The Balaban J connectivity index is 2.26. The van der Waals surface area contributed by atoms with Crippen LogP contribution in [0.15, 0.2) is 48.7 Å². The monoisotopic (exact) mass is 307 g/mol. The van der Waals surface area contributed by atoms with E-state index in [1.54, 1.807) is 26.5 Å². The summed E-state index contributed by atoms with van der Waals surface area (Å²) in [6.07, 6.45) is 1.77. The van der Waals surface area contributed by atoms with Gasteiger partial charge in [-0.2, -0.15) is 0 Å². The van der Waals surface area contributed by atoms with Gasteiger partial charge in [0.15, 0.2) is 17.3 Å². The summed E-state index contributed by atoms with van der Waals surface area (Å²) in [6, 6.07) is 13.4. The normalized spacial score (nSPS) is 10.6. The van der Waals surface area contributed by atoms with Crippen LogP contribution in [0.25, 0.3) is 22.0 Å². The Morgan fingerprint density at radius 3 is 2.57 bits per heavy atom. The van der Waals surface area contributed by atoms with Crippen LogP contribution in [-0.2, 0) is 0 Å². The van der Waals surface area contributed by atoms with Gasteiger partial charge in [-0.3, -0.25) is 9.78 Å². The Bertz CT molecular complexity index is 887. The number of ketones is 1. The maximum atomic E-state index is 11.8. The van der Waals surface area contributed by atoms with Crippen molar-refractivity contribution in [3.8, 4) is 22.6 Å². The molecule has 0 N–H and O–H groups in total. The first kappa shape index (κ1) is 15.0. The van der Waals surface area contributed by atoms with E-state index in [4.69, 9.17) is 9.47 Å². The Hall–Kier alpha value is -2.88. The van der Waals surface area contributed by atoms with Crippen LogP contribution in [0.3, 0.4) is 0 Å². The Morgan fingerprint density at radius 1 is 1.04 bits per heavy atom. The molecule has 0 unspecified atom stereocenters. The summed E-state index contributed by atoms with van der Waals surface area (Å²) < 4.78 is 10.9. The molecule has 0 saturated heterocycles. The molecule has 0 aliphatic rings. The van der Waals surface area contributed by atoms with Crippen LogP contribution in [0.5, 0.6) is 11.5 Å². The summed E-state index contributed by atoms with van der Waals surface area (Å²) in [4.78, 5) is 16.1. The lowest BCUT2D eigenvalue weighted by atomic mass is 9.98. The molecule has 4 heteroatoms. The molecule has 0 fully saturated rings. The number of hydrogen-bond donors (Lipinski definition) is 0. The third kappa shape index (κ3) is 2.75. The number of fused-ring (bicyclic) bond motifs is 1. The smallest absolute Gasteiger partial charge is 0.168 e. The van der Waals surface area contributed by atoms with E-state index in [0.717, 1.165) is 22.0 Å². The third-order valence-corrected chi connectivity index (χ3v) is 3.80. The van der Waals surface area contributed by atoms with Crippen molar-refractivity contribution in [2.45, 2.75) is 6.92 Å². The molecule has 4 nitrogen and oxygen atoms in total. The van der Waals surface area contributed by atoms with Gasteiger partial charge in [-0.1, -0.05) is 12.1 Å². The Kier molecular flexibility index (Phi) is 3.98. The summed E-state index contributed by atoms with van der Waals surface area (Å²) in [5.41, 5.74) is 3.28. The van der Waals surface area contributed by atoms with Gasteiger partial charge in [-0.15, -0.1) is 0 Å². The van der Waals surface area contributed by atoms with E-state index >= 15 is 0 Å². The van der Waals surface area contributed by atoms with Crippen molar-refractivity contribution in [2.75, 3.05) is 14.2 Å². The SMILES string of the molecule is COc1cc(C(C)=O)cc(-c2ccc3ncccc3c2)c1OC. The highest BCUT2D eigenvalue weighted by atomic mass is 16.5. The second-order valence-corrected chi connectivity index (χ2v) is 5.23. The standard InChI is InChI=1S/C19H17NO3/c1-12(21)15-10-16(19(23-3)18(11-15)22-2)13-6-7-17-14(9-13)5-4-8-20-17/h4-11H,1-3H3. The number of Topliss-reactive ketones (excluding diaryl/α,β-unsaturated/α-hetero) is 1. The molecule has 0 aliphatic carbocycles. The third-order valence-electron chi connectivity index (χ3n) is 3.80. The minimum absolute atomic E-state index is 0.0188. The number of nitrogens with zero attached hydrogens (tertiary/aromatic N) is 1. The first-order valence-electron chi connectivity index (χ1n) is 7.26. The van der Waals surface area contributed by atoms with Gasteiger partial charge in [0.25, 0.3) is 0 Å². The summed E-state index contributed by atoms with van der Waals surface area (Å²) >= 11 is 0. The van der Waals surface area contributed by atoms with Crippen molar-refractivity contribution in [3.63, 3.8) is 0 Å². The average molecular weight is 307 g/mol. The number of ether oxygens (including phenoxy) is 2. The lowest BCUT2D eigenvalue weighted by Crippen LogP contribution is -1.99. The molecule has 3 aromatic rings. The molecule has 2 aromatic carbocycles. The largest absolute Gasteiger partial charge is 0.493 e.